The zero-order valence-electron chi connectivity index (χ0n) is 35.2. The van der Waals surface area contributed by atoms with E-state index in [-0.39, 0.29) is 83.2 Å². The molecule has 0 saturated carbocycles. The van der Waals surface area contributed by atoms with Crippen LogP contribution < -0.4 is 54.6 Å². The van der Waals surface area contributed by atoms with Crippen LogP contribution in [-0.2, 0) is 0 Å². The van der Waals surface area contributed by atoms with Crippen molar-refractivity contribution in [3.05, 3.63) is 133 Å². The Hall–Kier alpha value is -6.98. The van der Waals surface area contributed by atoms with Gasteiger partial charge in [-0.05, 0) is 76.9 Å². The molecule has 3 heterocycles. The molecule has 3 aromatic heterocycles. The summed E-state index contributed by atoms with van der Waals surface area (Å²) >= 11 is 0. The highest BCUT2D eigenvalue weighted by Crippen LogP contribution is 2.40. The van der Waals surface area contributed by atoms with Gasteiger partial charge in [0.05, 0.1) is 11.0 Å². The molecule has 11 rings (SSSR count). The summed E-state index contributed by atoms with van der Waals surface area (Å²) in [6.07, 6.45) is 0. The first-order valence-corrected chi connectivity index (χ1v) is 20.8. The second kappa shape index (κ2) is 15.9. The monoisotopic (exact) mass is 816 g/mol. The number of hydrogen-bond donors (Lipinski definition) is 0. The largest absolute Gasteiger partial charge is 0.456 e. The van der Waals surface area contributed by atoms with Crippen LogP contribution in [0.2, 0.25) is 0 Å². The molecule has 0 aliphatic heterocycles. The second-order valence-electron chi connectivity index (χ2n) is 16.2. The molecule has 0 amide bonds. The number of rotatable bonds is 6. The highest BCUT2D eigenvalue weighted by Gasteiger charge is 2.23. The molecule has 0 saturated heterocycles. The zero-order chi connectivity index (χ0) is 45.7. The van der Waals surface area contributed by atoms with E-state index >= 15 is 0 Å². The normalized spacial score (nSPS) is 11.6. The van der Waals surface area contributed by atoms with Crippen LogP contribution in [0.25, 0.3) is 106 Å². The third kappa shape index (κ3) is 6.49. The predicted octanol–water partition coefficient (Wildman–Crippen LogP) is 1.14. The first kappa shape index (κ1) is 41.7. The van der Waals surface area contributed by atoms with E-state index in [1.54, 1.807) is 0 Å². The van der Waals surface area contributed by atoms with Gasteiger partial charge < -0.3 is 8.98 Å². The molecular weight excluding hydrogens is 793 g/mol. The summed E-state index contributed by atoms with van der Waals surface area (Å²) in [7, 11) is 63.9. The van der Waals surface area contributed by atoms with Gasteiger partial charge in [0.1, 0.15) is 89.6 Å². The van der Waals surface area contributed by atoms with Gasteiger partial charge in [0, 0.05) is 43.9 Å². The van der Waals surface area contributed by atoms with Crippen LogP contribution in [-0.4, -0.2) is 98.0 Å². The Bertz CT molecular complexity index is 3700. The SMILES string of the molecule is [B]c1c([B])c([B])c(-c2nc(-c3c([B])c([B])c([B])c([B])c3[B])nc(-c3cccc4oc5ccc(-c6cccc(-c7ccc8c(c7)c7ccccc7n8-c7ccccc7)c6)cc5c34)n2)c([B])c1[B]. The Labute approximate surface area is 394 Å². The molecule has 11 aromatic rings. The number of aromatic nitrogens is 4. The van der Waals surface area contributed by atoms with Crippen molar-refractivity contribution in [3.8, 4) is 62.1 Å². The maximum Gasteiger partial charge on any atom is 0.164 e. The predicted molar refractivity (Wildman–Crippen MR) is 283 cm³/mol. The molecule has 0 aliphatic carbocycles. The minimum Gasteiger partial charge on any atom is -0.456 e. The van der Waals surface area contributed by atoms with Gasteiger partial charge in [0.25, 0.3) is 0 Å². The minimum atomic E-state index is 0.00120. The summed E-state index contributed by atoms with van der Waals surface area (Å²) < 4.78 is 8.77. The summed E-state index contributed by atoms with van der Waals surface area (Å²) in [6.45, 7) is 0. The Morgan fingerprint density at radius 1 is 0.348 bits per heavy atom. The topological polar surface area (TPSA) is 56.7 Å². The number of hydrogen-bond acceptors (Lipinski definition) is 4. The van der Waals surface area contributed by atoms with Crippen molar-refractivity contribution in [2.45, 2.75) is 0 Å². The van der Waals surface area contributed by atoms with Crippen molar-refractivity contribution in [2.75, 3.05) is 0 Å². The summed E-state index contributed by atoms with van der Waals surface area (Å²) in [6, 6.07) is 45.8. The van der Waals surface area contributed by atoms with Crippen LogP contribution in [0.3, 0.4) is 0 Å². The Balaban J connectivity index is 1.08. The van der Waals surface area contributed by atoms with E-state index in [9.17, 15) is 0 Å². The van der Waals surface area contributed by atoms with Crippen LogP contribution >= 0.6 is 0 Å². The second-order valence-corrected chi connectivity index (χ2v) is 16.2. The third-order valence-corrected chi connectivity index (χ3v) is 12.4. The fourth-order valence-corrected chi connectivity index (χ4v) is 8.98. The molecule has 0 fully saturated rings. The van der Waals surface area contributed by atoms with Crippen LogP contribution in [0.15, 0.2) is 138 Å². The summed E-state index contributed by atoms with van der Waals surface area (Å²) in [5, 5.41) is 3.89. The van der Waals surface area contributed by atoms with Gasteiger partial charge >= 0.3 is 0 Å². The molecule has 0 atom stereocenters. The van der Waals surface area contributed by atoms with E-state index < -0.39 is 0 Å². The van der Waals surface area contributed by atoms with Gasteiger partial charge in [0.15, 0.2) is 17.5 Å². The van der Waals surface area contributed by atoms with Gasteiger partial charge in [-0.3, -0.25) is 0 Å². The highest BCUT2D eigenvalue weighted by molar-refractivity contribution is 6.70. The number of benzene rings is 8. The molecule has 15 heteroatoms. The third-order valence-electron chi connectivity index (χ3n) is 12.4. The molecular formula is C51H22B10N4O. The first-order valence-electron chi connectivity index (χ1n) is 20.8. The van der Waals surface area contributed by atoms with Gasteiger partial charge in [-0.1, -0.05) is 101 Å². The van der Waals surface area contributed by atoms with E-state index in [0.717, 1.165) is 49.7 Å². The lowest BCUT2D eigenvalue weighted by Crippen LogP contribution is -2.55. The van der Waals surface area contributed by atoms with E-state index in [1.807, 2.05) is 36.4 Å². The van der Waals surface area contributed by atoms with Crippen molar-refractivity contribution in [2.24, 2.45) is 0 Å². The van der Waals surface area contributed by atoms with Crippen molar-refractivity contribution in [1.29, 1.82) is 0 Å². The molecule has 8 aromatic carbocycles. The van der Waals surface area contributed by atoms with Crippen molar-refractivity contribution < 1.29 is 4.42 Å². The lowest BCUT2D eigenvalue weighted by atomic mass is 9.60. The fraction of sp³-hybridized carbons (Fsp3) is 0. The average molecular weight is 815 g/mol. The van der Waals surface area contributed by atoms with E-state index in [0.29, 0.717) is 16.7 Å². The molecule has 0 unspecified atom stereocenters. The Morgan fingerprint density at radius 3 is 1.45 bits per heavy atom. The molecule has 0 spiro atoms. The molecule has 20 radical (unpaired) electrons. The van der Waals surface area contributed by atoms with Gasteiger partial charge in [-0.25, -0.2) is 15.0 Å². The molecule has 5 nitrogen and oxygen atoms in total. The molecule has 282 valence electrons. The van der Waals surface area contributed by atoms with Crippen LogP contribution in [0.1, 0.15) is 0 Å². The quantitative estimate of drug-likeness (QED) is 0.237. The first-order chi connectivity index (χ1) is 31.9. The zero-order valence-corrected chi connectivity index (χ0v) is 35.2. The van der Waals surface area contributed by atoms with Gasteiger partial charge in [0.2, 0.25) is 0 Å². The van der Waals surface area contributed by atoms with Crippen molar-refractivity contribution in [1.82, 2.24) is 19.5 Å². The maximum atomic E-state index is 6.57. The van der Waals surface area contributed by atoms with Crippen molar-refractivity contribution in [3.63, 3.8) is 0 Å². The van der Waals surface area contributed by atoms with E-state index in [2.05, 4.69) is 102 Å². The van der Waals surface area contributed by atoms with Crippen LogP contribution in [0.5, 0.6) is 0 Å². The maximum absolute atomic E-state index is 6.57. The number of para-hydroxylation sites is 2. The van der Waals surface area contributed by atoms with E-state index in [1.165, 1.54) is 10.8 Å². The standard InChI is InChI=1S/C51H22B10N4O/c52-39-37(40(53)44(57)47(60)43(39)56)50-62-49(63-51(64-50)38-41(54)45(58)48(61)46(59)42(38)55)29-13-7-15-35-36(29)31-22-26(17-19-34(31)66-35)24-9-6-8-23(20-24)25-16-18-33-30(21-25)28-12-4-5-14-32(28)65(33)27-10-2-1-3-11-27/h1-22H. The smallest absolute Gasteiger partial charge is 0.164 e. The highest BCUT2D eigenvalue weighted by atomic mass is 16.3. The molecule has 66 heavy (non-hydrogen) atoms. The minimum absolute atomic E-state index is 0.00120. The summed E-state index contributed by atoms with van der Waals surface area (Å²) in [5.41, 5.74) is 9.73. The van der Waals surface area contributed by atoms with Crippen LogP contribution in [0, 0.1) is 0 Å². The summed E-state index contributed by atoms with van der Waals surface area (Å²) in [4.78, 5) is 14.6. The molecule has 0 bridgehead atoms. The van der Waals surface area contributed by atoms with Gasteiger partial charge in [-0.2, -0.15) is 0 Å². The van der Waals surface area contributed by atoms with Crippen molar-refractivity contribution >= 4 is 177 Å². The van der Waals surface area contributed by atoms with E-state index in [4.69, 9.17) is 97.8 Å². The number of nitrogens with zero attached hydrogens (tertiary/aromatic N) is 4. The lowest BCUT2D eigenvalue weighted by molar-refractivity contribution is 0.669. The fourth-order valence-electron chi connectivity index (χ4n) is 8.98. The lowest BCUT2D eigenvalue weighted by Gasteiger charge is -2.22. The molecule has 0 N–H and O–H groups in total. The number of furan rings is 1. The van der Waals surface area contributed by atoms with Gasteiger partial charge in [-0.15, -0.1) is 32.8 Å². The Morgan fingerprint density at radius 2 is 0.833 bits per heavy atom. The molecule has 0 aliphatic rings. The number of fused-ring (bicyclic) bond motifs is 6. The average Bonchev–Trinajstić information content (AvgIpc) is 3.89. The summed E-state index contributed by atoms with van der Waals surface area (Å²) in [5.74, 6) is 0.183. The van der Waals surface area contributed by atoms with Crippen LogP contribution in [0.4, 0.5) is 0 Å². The Kier molecular flexibility index (Phi) is 10.0.